The molecule has 1 N–H and O–H groups in total. The van der Waals surface area contributed by atoms with E-state index in [4.69, 9.17) is 0 Å². The van der Waals surface area contributed by atoms with E-state index in [1.54, 1.807) is 4.68 Å². The Hall–Kier alpha value is -2.37. The van der Waals surface area contributed by atoms with Gasteiger partial charge < -0.3 is 10.2 Å². The number of carbonyl (C=O) groups is 1. The molecule has 2 aliphatic carbocycles. The fourth-order valence-corrected chi connectivity index (χ4v) is 3.00. The highest BCUT2D eigenvalue weighted by molar-refractivity contribution is 5.74. The average Bonchev–Trinajstić information content (AvgIpc) is 3.55. The van der Waals surface area contributed by atoms with Gasteiger partial charge >= 0.3 is 6.03 Å². The third-order valence-corrected chi connectivity index (χ3v) is 4.95. The number of carbonyl (C=O) groups excluding carboxylic acids is 1. The fourth-order valence-electron chi connectivity index (χ4n) is 3.00. The van der Waals surface area contributed by atoms with E-state index < -0.39 is 0 Å². The van der Waals surface area contributed by atoms with Gasteiger partial charge in [-0.15, -0.1) is 5.10 Å². The SMILES string of the molecule is CC(NC(=O)N(CC1CC1)CC1CC1)c1cn(-c2ccccc2)nn1. The monoisotopic (exact) mass is 339 g/mol. The number of benzene rings is 1. The summed E-state index contributed by atoms with van der Waals surface area (Å²) in [6, 6.07) is 9.74. The van der Waals surface area contributed by atoms with E-state index in [0.717, 1.165) is 24.5 Å². The lowest BCUT2D eigenvalue weighted by Gasteiger charge is -2.24. The maximum absolute atomic E-state index is 12.7. The minimum atomic E-state index is -0.161. The molecule has 2 saturated carbocycles. The zero-order valence-corrected chi connectivity index (χ0v) is 14.6. The molecule has 6 nitrogen and oxygen atoms in total. The molecule has 2 aromatic rings. The first-order chi connectivity index (χ1) is 12.2. The Bertz CT molecular complexity index is 706. The number of para-hydroxylation sites is 1. The summed E-state index contributed by atoms with van der Waals surface area (Å²) < 4.78 is 1.74. The minimum Gasteiger partial charge on any atom is -0.330 e. The summed E-state index contributed by atoms with van der Waals surface area (Å²) in [6.07, 6.45) is 6.92. The van der Waals surface area contributed by atoms with Crippen LogP contribution in [0.2, 0.25) is 0 Å². The predicted molar refractivity (Wildman–Crippen MR) is 95.3 cm³/mol. The summed E-state index contributed by atoms with van der Waals surface area (Å²) in [5, 5.41) is 11.5. The number of hydrogen-bond donors (Lipinski definition) is 1. The van der Waals surface area contributed by atoms with Crippen LogP contribution in [0.15, 0.2) is 36.5 Å². The number of urea groups is 1. The van der Waals surface area contributed by atoms with E-state index in [9.17, 15) is 4.79 Å². The molecule has 1 heterocycles. The zero-order chi connectivity index (χ0) is 17.2. The van der Waals surface area contributed by atoms with Gasteiger partial charge in [0.05, 0.1) is 17.9 Å². The standard InChI is InChI=1S/C19H25N5O/c1-14(18-13-24(22-21-18)17-5-3-2-4-6-17)20-19(25)23(11-15-7-8-15)12-16-9-10-16/h2-6,13-16H,7-12H2,1H3,(H,20,25). The van der Waals surface area contributed by atoms with Gasteiger partial charge in [0.2, 0.25) is 0 Å². The third kappa shape index (κ3) is 4.18. The number of nitrogens with one attached hydrogen (secondary N) is 1. The van der Waals surface area contributed by atoms with Gasteiger partial charge in [0, 0.05) is 13.1 Å². The largest absolute Gasteiger partial charge is 0.330 e. The van der Waals surface area contributed by atoms with Crippen LogP contribution in [0.5, 0.6) is 0 Å². The van der Waals surface area contributed by atoms with E-state index in [1.165, 1.54) is 25.7 Å². The molecule has 1 unspecified atom stereocenters. The van der Waals surface area contributed by atoms with Crippen LogP contribution in [-0.4, -0.2) is 39.0 Å². The quantitative estimate of drug-likeness (QED) is 0.843. The van der Waals surface area contributed by atoms with Crippen LogP contribution < -0.4 is 5.32 Å². The second-order valence-corrected chi connectivity index (χ2v) is 7.39. The number of nitrogens with zero attached hydrogens (tertiary/aromatic N) is 4. The average molecular weight is 339 g/mol. The van der Waals surface area contributed by atoms with Crippen LogP contribution in [-0.2, 0) is 0 Å². The van der Waals surface area contributed by atoms with Gasteiger partial charge in [-0.1, -0.05) is 23.4 Å². The van der Waals surface area contributed by atoms with Crippen LogP contribution >= 0.6 is 0 Å². The lowest BCUT2D eigenvalue weighted by Crippen LogP contribution is -2.43. The van der Waals surface area contributed by atoms with E-state index in [2.05, 4.69) is 15.6 Å². The summed E-state index contributed by atoms with van der Waals surface area (Å²) in [5.74, 6) is 1.41. The van der Waals surface area contributed by atoms with E-state index in [-0.39, 0.29) is 12.1 Å². The molecular formula is C19H25N5O. The molecule has 2 fully saturated rings. The molecule has 1 aromatic carbocycles. The van der Waals surface area contributed by atoms with Gasteiger partial charge in [0.1, 0.15) is 5.69 Å². The van der Waals surface area contributed by atoms with E-state index in [1.807, 2.05) is 48.4 Å². The third-order valence-electron chi connectivity index (χ3n) is 4.95. The first-order valence-corrected chi connectivity index (χ1v) is 9.22. The van der Waals surface area contributed by atoms with Crippen LogP contribution in [0.3, 0.4) is 0 Å². The van der Waals surface area contributed by atoms with Crippen LogP contribution in [0.4, 0.5) is 4.79 Å². The van der Waals surface area contributed by atoms with Crippen molar-refractivity contribution in [3.8, 4) is 5.69 Å². The van der Waals surface area contributed by atoms with Crippen molar-refractivity contribution in [3.63, 3.8) is 0 Å². The Labute approximate surface area is 148 Å². The molecule has 0 saturated heterocycles. The second kappa shape index (κ2) is 6.86. The van der Waals surface area contributed by atoms with Crippen molar-refractivity contribution in [1.82, 2.24) is 25.2 Å². The van der Waals surface area contributed by atoms with Crippen molar-refractivity contribution in [2.45, 2.75) is 38.6 Å². The lowest BCUT2D eigenvalue weighted by atomic mass is 10.2. The van der Waals surface area contributed by atoms with E-state index >= 15 is 0 Å². The minimum absolute atomic E-state index is 0.0283. The van der Waals surface area contributed by atoms with Gasteiger partial charge in [-0.25, -0.2) is 9.48 Å². The Balaban J connectivity index is 1.39. The van der Waals surface area contributed by atoms with Crippen molar-refractivity contribution in [2.24, 2.45) is 11.8 Å². The highest BCUT2D eigenvalue weighted by Crippen LogP contribution is 2.33. The highest BCUT2D eigenvalue weighted by atomic mass is 16.2. The van der Waals surface area contributed by atoms with Gasteiger partial charge in [-0.3, -0.25) is 0 Å². The fraction of sp³-hybridized carbons (Fsp3) is 0.526. The van der Waals surface area contributed by atoms with Crippen molar-refractivity contribution in [3.05, 3.63) is 42.2 Å². The molecule has 0 bridgehead atoms. The number of aromatic nitrogens is 3. The smallest absolute Gasteiger partial charge is 0.317 e. The van der Waals surface area contributed by atoms with Crippen molar-refractivity contribution in [2.75, 3.05) is 13.1 Å². The maximum Gasteiger partial charge on any atom is 0.317 e. The van der Waals surface area contributed by atoms with Crippen LogP contribution in [0.25, 0.3) is 5.69 Å². The van der Waals surface area contributed by atoms with Gasteiger partial charge in [-0.05, 0) is 56.6 Å². The number of rotatable bonds is 7. The summed E-state index contributed by atoms with van der Waals surface area (Å²) >= 11 is 0. The normalized spacial score (nSPS) is 18.0. The van der Waals surface area contributed by atoms with Gasteiger partial charge in [0.15, 0.2) is 0 Å². The molecule has 0 radical (unpaired) electrons. The molecule has 0 spiro atoms. The molecule has 4 rings (SSSR count). The predicted octanol–water partition coefficient (Wildman–Crippen LogP) is 3.16. The van der Waals surface area contributed by atoms with Crippen LogP contribution in [0, 0.1) is 11.8 Å². The molecular weight excluding hydrogens is 314 g/mol. The maximum atomic E-state index is 12.7. The number of hydrogen-bond acceptors (Lipinski definition) is 3. The zero-order valence-electron chi connectivity index (χ0n) is 14.6. The molecule has 0 aliphatic heterocycles. The Kier molecular flexibility index (Phi) is 4.42. The Morgan fingerprint density at radius 2 is 1.84 bits per heavy atom. The number of amides is 2. The topological polar surface area (TPSA) is 63.1 Å². The van der Waals surface area contributed by atoms with Gasteiger partial charge in [-0.2, -0.15) is 0 Å². The first-order valence-electron chi connectivity index (χ1n) is 9.22. The first kappa shape index (κ1) is 16.1. The van der Waals surface area contributed by atoms with Crippen molar-refractivity contribution in [1.29, 1.82) is 0 Å². The molecule has 1 atom stereocenters. The van der Waals surface area contributed by atoms with E-state index in [0.29, 0.717) is 11.8 Å². The van der Waals surface area contributed by atoms with Crippen LogP contribution in [0.1, 0.15) is 44.3 Å². The summed E-state index contributed by atoms with van der Waals surface area (Å²) in [6.45, 7) is 3.75. The molecule has 6 heteroatoms. The van der Waals surface area contributed by atoms with Crippen molar-refractivity contribution < 1.29 is 4.79 Å². The Morgan fingerprint density at radius 3 is 2.44 bits per heavy atom. The molecule has 1 aromatic heterocycles. The Morgan fingerprint density at radius 1 is 1.20 bits per heavy atom. The summed E-state index contributed by atoms with van der Waals surface area (Å²) in [5.41, 5.74) is 1.74. The molecule has 25 heavy (non-hydrogen) atoms. The molecule has 132 valence electrons. The highest BCUT2D eigenvalue weighted by Gasteiger charge is 2.32. The second-order valence-electron chi connectivity index (χ2n) is 7.39. The lowest BCUT2D eigenvalue weighted by molar-refractivity contribution is 0.189. The summed E-state index contributed by atoms with van der Waals surface area (Å²) in [4.78, 5) is 14.7. The molecule has 2 aliphatic rings. The molecule has 2 amide bonds. The van der Waals surface area contributed by atoms with Crippen molar-refractivity contribution >= 4 is 6.03 Å². The summed E-state index contributed by atoms with van der Waals surface area (Å²) in [7, 11) is 0. The van der Waals surface area contributed by atoms with Gasteiger partial charge in [0.25, 0.3) is 0 Å².